The van der Waals surface area contributed by atoms with Crippen LogP contribution in [0.2, 0.25) is 0 Å². The smallest absolute Gasteiger partial charge is 0.327 e. The molecule has 0 spiro atoms. The van der Waals surface area contributed by atoms with Gasteiger partial charge in [0.15, 0.2) is 0 Å². The van der Waals surface area contributed by atoms with E-state index >= 15 is 0 Å². The van der Waals surface area contributed by atoms with Crippen LogP contribution in [0, 0.1) is 0 Å². The minimum absolute atomic E-state index is 0.136. The van der Waals surface area contributed by atoms with E-state index in [2.05, 4.69) is 4.98 Å². The number of aryl methyl sites for hydroxylation is 1. The van der Waals surface area contributed by atoms with Crippen LogP contribution in [0.25, 0.3) is 0 Å². The van der Waals surface area contributed by atoms with Crippen LogP contribution >= 0.6 is 7.60 Å². The second kappa shape index (κ2) is 3.17. The van der Waals surface area contributed by atoms with Crippen LogP contribution in [0.4, 0.5) is 0 Å². The van der Waals surface area contributed by atoms with Crippen molar-refractivity contribution in [3.63, 3.8) is 0 Å². The highest BCUT2D eigenvalue weighted by Gasteiger charge is 2.11. The molecule has 0 bridgehead atoms. The summed E-state index contributed by atoms with van der Waals surface area (Å²) in [5.41, 5.74) is 0. The molecular weight excluding hydrogens is 167 g/mol. The molecule has 0 saturated heterocycles. The monoisotopic (exact) mass is 176 g/mol. The van der Waals surface area contributed by atoms with Crippen molar-refractivity contribution in [1.29, 1.82) is 0 Å². The molecule has 0 saturated carbocycles. The van der Waals surface area contributed by atoms with Gasteiger partial charge in [0.05, 0.1) is 12.5 Å². The van der Waals surface area contributed by atoms with Gasteiger partial charge in [-0.3, -0.25) is 4.57 Å². The molecule has 62 valence electrons. The van der Waals surface area contributed by atoms with Crippen LogP contribution in [0.5, 0.6) is 0 Å². The molecule has 6 heteroatoms. The predicted octanol–water partition coefficient (Wildman–Crippen LogP) is 0.0608. The standard InChI is InChI=1S/C5H9N2O3P/c8-11(9,10)4-3-7-2-1-6-5-7/h1-2,5H,3-4H2,(H2,8,9,10). The molecule has 1 heterocycles. The summed E-state index contributed by atoms with van der Waals surface area (Å²) < 4.78 is 12.0. The van der Waals surface area contributed by atoms with Gasteiger partial charge in [-0.05, 0) is 0 Å². The summed E-state index contributed by atoms with van der Waals surface area (Å²) in [4.78, 5) is 20.7. The molecule has 2 N–H and O–H groups in total. The molecule has 0 atom stereocenters. The van der Waals surface area contributed by atoms with Gasteiger partial charge in [0.2, 0.25) is 0 Å². The lowest BCUT2D eigenvalue weighted by atomic mass is 10.7. The molecule has 1 aromatic rings. The van der Waals surface area contributed by atoms with Crippen LogP contribution < -0.4 is 0 Å². The highest BCUT2D eigenvalue weighted by Crippen LogP contribution is 2.33. The molecule has 0 radical (unpaired) electrons. The third-order valence-corrected chi connectivity index (χ3v) is 1.99. The largest absolute Gasteiger partial charge is 0.337 e. The average molecular weight is 176 g/mol. The van der Waals surface area contributed by atoms with Gasteiger partial charge in [0.1, 0.15) is 0 Å². The van der Waals surface area contributed by atoms with E-state index in [1.54, 1.807) is 17.0 Å². The van der Waals surface area contributed by atoms with Gasteiger partial charge in [-0.25, -0.2) is 4.98 Å². The summed E-state index contributed by atoms with van der Waals surface area (Å²) in [5, 5.41) is 0. The van der Waals surface area contributed by atoms with Crippen LogP contribution in [-0.2, 0) is 11.1 Å². The SMILES string of the molecule is O=P(O)(O)CCn1ccnc1. The molecule has 0 aliphatic rings. The molecule has 11 heavy (non-hydrogen) atoms. The fourth-order valence-corrected chi connectivity index (χ4v) is 1.16. The quantitative estimate of drug-likeness (QED) is 0.638. The van der Waals surface area contributed by atoms with Crippen molar-refractivity contribution < 1.29 is 14.4 Å². The molecule has 1 aromatic heterocycles. The molecule has 5 nitrogen and oxygen atoms in total. The zero-order valence-corrected chi connectivity index (χ0v) is 6.69. The highest BCUT2D eigenvalue weighted by atomic mass is 31.2. The van der Waals surface area contributed by atoms with Crippen LogP contribution in [-0.4, -0.2) is 25.5 Å². The van der Waals surface area contributed by atoms with Gasteiger partial charge in [-0.15, -0.1) is 0 Å². The third-order valence-electron chi connectivity index (χ3n) is 1.21. The molecule has 0 amide bonds. The van der Waals surface area contributed by atoms with Crippen LogP contribution in [0.3, 0.4) is 0 Å². The van der Waals surface area contributed by atoms with Gasteiger partial charge in [-0.2, -0.15) is 0 Å². The Morgan fingerprint density at radius 1 is 1.55 bits per heavy atom. The number of hydrogen-bond acceptors (Lipinski definition) is 2. The van der Waals surface area contributed by atoms with Crippen molar-refractivity contribution in [2.24, 2.45) is 0 Å². The van der Waals surface area contributed by atoms with Gasteiger partial charge >= 0.3 is 7.60 Å². The van der Waals surface area contributed by atoms with E-state index in [1.807, 2.05) is 0 Å². The first kappa shape index (κ1) is 8.46. The fourth-order valence-electron chi connectivity index (χ4n) is 0.665. The maximum atomic E-state index is 10.4. The molecule has 0 aromatic carbocycles. The topological polar surface area (TPSA) is 75.3 Å². The van der Waals surface area contributed by atoms with Crippen molar-refractivity contribution in [3.8, 4) is 0 Å². The molecule has 0 aliphatic heterocycles. The lowest BCUT2D eigenvalue weighted by Gasteiger charge is -2.02. The van der Waals surface area contributed by atoms with Crippen LogP contribution in [0.1, 0.15) is 0 Å². The van der Waals surface area contributed by atoms with Gasteiger partial charge in [0.25, 0.3) is 0 Å². The minimum Gasteiger partial charge on any atom is -0.337 e. The van der Waals surface area contributed by atoms with Crippen molar-refractivity contribution >= 4 is 7.60 Å². The fraction of sp³-hybridized carbons (Fsp3) is 0.400. The van der Waals surface area contributed by atoms with E-state index in [0.29, 0.717) is 6.54 Å². The second-order valence-corrected chi connectivity index (χ2v) is 3.97. The Labute approximate surface area is 63.9 Å². The van der Waals surface area contributed by atoms with E-state index in [-0.39, 0.29) is 6.16 Å². The Morgan fingerprint density at radius 2 is 2.27 bits per heavy atom. The zero-order valence-electron chi connectivity index (χ0n) is 5.79. The van der Waals surface area contributed by atoms with Crippen LogP contribution in [0.15, 0.2) is 18.7 Å². The number of hydrogen-bond donors (Lipinski definition) is 2. The Hall–Kier alpha value is -0.640. The maximum absolute atomic E-state index is 10.4. The molecule has 0 aliphatic carbocycles. The van der Waals surface area contributed by atoms with Crippen molar-refractivity contribution in [2.45, 2.75) is 6.54 Å². The van der Waals surface area contributed by atoms with E-state index in [9.17, 15) is 4.57 Å². The highest BCUT2D eigenvalue weighted by molar-refractivity contribution is 7.51. The number of aromatic nitrogens is 2. The van der Waals surface area contributed by atoms with E-state index in [4.69, 9.17) is 9.79 Å². The summed E-state index contributed by atoms with van der Waals surface area (Å²) in [7, 11) is -3.86. The van der Waals surface area contributed by atoms with Crippen molar-refractivity contribution in [1.82, 2.24) is 9.55 Å². The van der Waals surface area contributed by atoms with Crippen molar-refractivity contribution in [3.05, 3.63) is 18.7 Å². The van der Waals surface area contributed by atoms with E-state index in [0.717, 1.165) is 0 Å². The van der Waals surface area contributed by atoms with Gasteiger partial charge in [-0.1, -0.05) is 0 Å². The second-order valence-electron chi connectivity index (χ2n) is 2.19. The summed E-state index contributed by atoms with van der Waals surface area (Å²) in [5.74, 6) is 0. The molecule has 0 fully saturated rings. The first-order chi connectivity index (χ1) is 5.08. The Bertz CT molecular complexity index is 253. The number of nitrogens with zero attached hydrogens (tertiary/aromatic N) is 2. The molecular formula is C5H9N2O3P. The lowest BCUT2D eigenvalue weighted by molar-refractivity contribution is 0.370. The van der Waals surface area contributed by atoms with Crippen molar-refractivity contribution in [2.75, 3.05) is 6.16 Å². The van der Waals surface area contributed by atoms with E-state index in [1.165, 1.54) is 6.33 Å². The lowest BCUT2D eigenvalue weighted by Crippen LogP contribution is -2.00. The van der Waals surface area contributed by atoms with E-state index < -0.39 is 7.60 Å². The predicted molar refractivity (Wildman–Crippen MR) is 39.1 cm³/mol. The maximum Gasteiger partial charge on any atom is 0.327 e. The van der Waals surface area contributed by atoms with Gasteiger partial charge in [0, 0.05) is 18.9 Å². The summed E-state index contributed by atoms with van der Waals surface area (Å²) in [6.07, 6.45) is 4.62. The van der Waals surface area contributed by atoms with Gasteiger partial charge < -0.3 is 14.4 Å². The first-order valence-electron chi connectivity index (χ1n) is 3.08. The summed E-state index contributed by atoms with van der Waals surface area (Å²) in [6, 6.07) is 0. The third kappa shape index (κ3) is 3.32. The molecule has 1 rings (SSSR count). The Balaban J connectivity index is 2.41. The molecule has 0 unspecified atom stereocenters. The minimum atomic E-state index is -3.86. The first-order valence-corrected chi connectivity index (χ1v) is 4.88. The summed E-state index contributed by atoms with van der Waals surface area (Å²) >= 11 is 0. The normalized spacial score (nSPS) is 11.8. The Morgan fingerprint density at radius 3 is 2.73 bits per heavy atom. The number of imidazole rings is 1. The zero-order chi connectivity index (χ0) is 8.32. The summed E-state index contributed by atoms with van der Waals surface area (Å²) in [6.45, 7) is 0.310. The number of rotatable bonds is 3. The average Bonchev–Trinajstić information content (AvgIpc) is 2.32. The Kier molecular flexibility index (Phi) is 2.44.